The fourth-order valence-corrected chi connectivity index (χ4v) is 2.20. The molecule has 2 N–H and O–H groups in total. The summed E-state index contributed by atoms with van der Waals surface area (Å²) in [5.41, 5.74) is 1.18. The fourth-order valence-electron chi connectivity index (χ4n) is 2.03. The number of anilines is 1. The second-order valence-electron chi connectivity index (χ2n) is 4.93. The monoisotopic (exact) mass is 346 g/mol. The van der Waals surface area contributed by atoms with Gasteiger partial charge in [0.2, 0.25) is 5.91 Å². The van der Waals surface area contributed by atoms with Gasteiger partial charge in [0, 0.05) is 17.6 Å². The number of hydrogen-bond acceptors (Lipinski definition) is 2. The number of nitrogens with one attached hydrogen (secondary N) is 2. The van der Waals surface area contributed by atoms with Crippen LogP contribution in [0.25, 0.3) is 6.08 Å². The zero-order chi connectivity index (χ0) is 17.5. The first-order chi connectivity index (χ1) is 11.5. The van der Waals surface area contributed by atoms with Gasteiger partial charge in [0.1, 0.15) is 5.82 Å². The summed E-state index contributed by atoms with van der Waals surface area (Å²) in [7, 11) is 0. The predicted molar refractivity (Wildman–Crippen MR) is 93.5 cm³/mol. The van der Waals surface area contributed by atoms with E-state index in [1.54, 1.807) is 31.2 Å². The van der Waals surface area contributed by atoms with Crippen molar-refractivity contribution >= 4 is 35.2 Å². The van der Waals surface area contributed by atoms with Gasteiger partial charge in [-0.2, -0.15) is 0 Å². The molecular weight excluding hydrogens is 331 g/mol. The lowest BCUT2D eigenvalue weighted by Crippen LogP contribution is -2.24. The minimum absolute atomic E-state index is 0.275. The smallest absolute Gasteiger partial charge is 0.253 e. The third kappa shape index (κ3) is 4.93. The summed E-state index contributed by atoms with van der Waals surface area (Å²) in [6.45, 7) is 2.25. The van der Waals surface area contributed by atoms with Crippen LogP contribution in [0.1, 0.15) is 22.8 Å². The molecule has 0 radical (unpaired) electrons. The summed E-state index contributed by atoms with van der Waals surface area (Å²) in [6, 6.07) is 10.5. The molecule has 0 fully saturated rings. The number of carbonyl (C=O) groups is 2. The molecule has 0 atom stereocenters. The summed E-state index contributed by atoms with van der Waals surface area (Å²) in [5, 5.41) is 5.67. The minimum Gasteiger partial charge on any atom is -0.352 e. The molecule has 2 aromatic carbocycles. The number of carbonyl (C=O) groups excluding carboxylic acids is 2. The zero-order valence-electron chi connectivity index (χ0n) is 13.0. The third-order valence-electron chi connectivity index (χ3n) is 3.10. The SMILES string of the molecule is CCNC(=O)c1cc(Cl)ccc1NC(=O)/C=C/c1cccc(F)c1. The maximum absolute atomic E-state index is 13.1. The van der Waals surface area contributed by atoms with E-state index < -0.39 is 5.91 Å². The molecular formula is C18H16ClFN2O2. The molecule has 4 nitrogen and oxygen atoms in total. The predicted octanol–water partition coefficient (Wildman–Crippen LogP) is 3.88. The maximum atomic E-state index is 13.1. The van der Waals surface area contributed by atoms with Gasteiger partial charge in [-0.1, -0.05) is 23.7 Å². The molecule has 0 heterocycles. The van der Waals surface area contributed by atoms with Crippen molar-refractivity contribution in [3.63, 3.8) is 0 Å². The Morgan fingerprint density at radius 3 is 2.71 bits per heavy atom. The Bertz CT molecular complexity index is 790. The summed E-state index contributed by atoms with van der Waals surface area (Å²) in [6.07, 6.45) is 2.75. The van der Waals surface area contributed by atoms with Crippen LogP contribution in [0, 0.1) is 5.82 Å². The zero-order valence-corrected chi connectivity index (χ0v) is 13.7. The first-order valence-corrected chi connectivity index (χ1v) is 7.69. The highest BCUT2D eigenvalue weighted by atomic mass is 35.5. The van der Waals surface area contributed by atoms with E-state index in [0.29, 0.717) is 22.8 Å². The van der Waals surface area contributed by atoms with Crippen molar-refractivity contribution in [1.82, 2.24) is 5.32 Å². The van der Waals surface area contributed by atoms with E-state index in [-0.39, 0.29) is 17.3 Å². The molecule has 0 aliphatic heterocycles. The molecule has 0 spiro atoms. The van der Waals surface area contributed by atoms with E-state index in [2.05, 4.69) is 10.6 Å². The quantitative estimate of drug-likeness (QED) is 0.807. The fraction of sp³-hybridized carbons (Fsp3) is 0.111. The van der Waals surface area contributed by atoms with Gasteiger partial charge in [0.05, 0.1) is 11.3 Å². The number of rotatable bonds is 5. The molecule has 2 aromatic rings. The van der Waals surface area contributed by atoms with Crippen LogP contribution < -0.4 is 10.6 Å². The van der Waals surface area contributed by atoms with Gasteiger partial charge in [0.25, 0.3) is 5.91 Å². The Balaban J connectivity index is 2.15. The largest absolute Gasteiger partial charge is 0.352 e. The van der Waals surface area contributed by atoms with Gasteiger partial charge in [0.15, 0.2) is 0 Å². The summed E-state index contributed by atoms with van der Waals surface area (Å²) >= 11 is 5.91. The lowest BCUT2D eigenvalue weighted by atomic mass is 10.1. The van der Waals surface area contributed by atoms with E-state index >= 15 is 0 Å². The van der Waals surface area contributed by atoms with Crippen molar-refractivity contribution < 1.29 is 14.0 Å². The first kappa shape index (κ1) is 17.7. The van der Waals surface area contributed by atoms with E-state index in [1.807, 2.05) is 0 Å². The van der Waals surface area contributed by atoms with Crippen LogP contribution in [-0.2, 0) is 4.79 Å². The Morgan fingerprint density at radius 1 is 1.21 bits per heavy atom. The second kappa shape index (κ2) is 8.26. The second-order valence-corrected chi connectivity index (χ2v) is 5.36. The topological polar surface area (TPSA) is 58.2 Å². The van der Waals surface area contributed by atoms with E-state index in [4.69, 9.17) is 11.6 Å². The van der Waals surface area contributed by atoms with Crippen molar-refractivity contribution in [2.75, 3.05) is 11.9 Å². The first-order valence-electron chi connectivity index (χ1n) is 7.32. The molecule has 0 unspecified atom stereocenters. The summed E-state index contributed by atoms with van der Waals surface area (Å²) in [4.78, 5) is 24.1. The van der Waals surface area contributed by atoms with Crippen molar-refractivity contribution in [3.05, 3.63) is 70.5 Å². The Morgan fingerprint density at radius 2 is 2.00 bits per heavy atom. The van der Waals surface area contributed by atoms with Crippen LogP contribution in [0.5, 0.6) is 0 Å². The molecule has 0 bridgehead atoms. The van der Waals surface area contributed by atoms with Gasteiger partial charge < -0.3 is 10.6 Å². The van der Waals surface area contributed by atoms with Crippen LogP contribution in [0.3, 0.4) is 0 Å². The summed E-state index contributed by atoms with van der Waals surface area (Å²) < 4.78 is 13.1. The Labute approximate surface area is 144 Å². The maximum Gasteiger partial charge on any atom is 0.253 e. The molecule has 124 valence electrons. The molecule has 0 aromatic heterocycles. The number of hydrogen-bond donors (Lipinski definition) is 2. The highest BCUT2D eigenvalue weighted by Crippen LogP contribution is 2.21. The lowest BCUT2D eigenvalue weighted by Gasteiger charge is -2.10. The number of amides is 2. The Hall–Kier alpha value is -2.66. The molecule has 0 aliphatic rings. The van der Waals surface area contributed by atoms with Gasteiger partial charge >= 0.3 is 0 Å². The van der Waals surface area contributed by atoms with Crippen LogP contribution in [0.15, 0.2) is 48.5 Å². The van der Waals surface area contributed by atoms with Crippen LogP contribution >= 0.6 is 11.6 Å². The van der Waals surface area contributed by atoms with Crippen LogP contribution in [-0.4, -0.2) is 18.4 Å². The molecule has 0 saturated carbocycles. The van der Waals surface area contributed by atoms with Crippen molar-refractivity contribution in [3.8, 4) is 0 Å². The van der Waals surface area contributed by atoms with Crippen molar-refractivity contribution in [2.45, 2.75) is 6.92 Å². The van der Waals surface area contributed by atoms with E-state index in [1.165, 1.54) is 30.4 Å². The average Bonchev–Trinajstić information content (AvgIpc) is 2.55. The molecule has 0 aliphatic carbocycles. The Kier molecular flexibility index (Phi) is 6.09. The third-order valence-corrected chi connectivity index (χ3v) is 3.33. The molecule has 6 heteroatoms. The standard InChI is InChI=1S/C18H16ClFN2O2/c1-2-21-18(24)15-11-13(19)7-8-16(15)22-17(23)9-6-12-4-3-5-14(20)10-12/h3-11H,2H2,1H3,(H,21,24)(H,22,23)/b9-6+. The van der Waals surface area contributed by atoms with Gasteiger partial charge in [-0.3, -0.25) is 9.59 Å². The average molecular weight is 347 g/mol. The normalized spacial score (nSPS) is 10.6. The molecule has 2 amide bonds. The lowest BCUT2D eigenvalue weighted by molar-refractivity contribution is -0.111. The highest BCUT2D eigenvalue weighted by Gasteiger charge is 2.12. The number of halogens is 2. The van der Waals surface area contributed by atoms with Crippen LogP contribution in [0.4, 0.5) is 10.1 Å². The van der Waals surface area contributed by atoms with Gasteiger partial charge in [-0.05, 0) is 48.9 Å². The van der Waals surface area contributed by atoms with Gasteiger partial charge in [-0.25, -0.2) is 4.39 Å². The van der Waals surface area contributed by atoms with Crippen molar-refractivity contribution in [2.24, 2.45) is 0 Å². The van der Waals surface area contributed by atoms with Gasteiger partial charge in [-0.15, -0.1) is 0 Å². The number of benzene rings is 2. The van der Waals surface area contributed by atoms with Crippen molar-refractivity contribution in [1.29, 1.82) is 0 Å². The minimum atomic E-state index is -0.438. The molecule has 2 rings (SSSR count). The molecule has 24 heavy (non-hydrogen) atoms. The van der Waals surface area contributed by atoms with E-state index in [9.17, 15) is 14.0 Å². The highest BCUT2D eigenvalue weighted by molar-refractivity contribution is 6.31. The molecule has 0 saturated heterocycles. The summed E-state index contributed by atoms with van der Waals surface area (Å²) in [5.74, 6) is -1.15. The van der Waals surface area contributed by atoms with E-state index in [0.717, 1.165) is 0 Å². The van der Waals surface area contributed by atoms with Crippen LogP contribution in [0.2, 0.25) is 5.02 Å².